The zero-order valence-corrected chi connectivity index (χ0v) is 10.3. The van der Waals surface area contributed by atoms with Crippen LogP contribution in [-0.2, 0) is 9.47 Å². The van der Waals surface area contributed by atoms with Crippen LogP contribution >= 0.6 is 0 Å². The molecule has 1 aliphatic rings. The van der Waals surface area contributed by atoms with Gasteiger partial charge in [-0.3, -0.25) is 4.90 Å². The van der Waals surface area contributed by atoms with E-state index in [9.17, 15) is 0 Å². The molecule has 1 N–H and O–H groups in total. The summed E-state index contributed by atoms with van der Waals surface area (Å²) in [6, 6.07) is 1.03. The Morgan fingerprint density at radius 3 is 2.73 bits per heavy atom. The number of methoxy groups -OCH3 is 2. The van der Waals surface area contributed by atoms with Crippen LogP contribution < -0.4 is 5.32 Å². The Bertz CT molecular complexity index is 178. The van der Waals surface area contributed by atoms with E-state index in [0.29, 0.717) is 18.2 Å². The monoisotopic (exact) mass is 216 g/mol. The largest absolute Gasteiger partial charge is 0.383 e. The van der Waals surface area contributed by atoms with Crippen molar-refractivity contribution >= 4 is 0 Å². The minimum Gasteiger partial charge on any atom is -0.383 e. The molecule has 1 fully saturated rings. The van der Waals surface area contributed by atoms with Crippen LogP contribution in [0.25, 0.3) is 0 Å². The third-order valence-corrected chi connectivity index (χ3v) is 3.18. The Morgan fingerprint density at radius 1 is 1.47 bits per heavy atom. The van der Waals surface area contributed by atoms with Crippen molar-refractivity contribution in [3.63, 3.8) is 0 Å². The third kappa shape index (κ3) is 4.07. The maximum atomic E-state index is 5.33. The van der Waals surface area contributed by atoms with Gasteiger partial charge in [0.1, 0.15) is 0 Å². The number of rotatable bonds is 6. The van der Waals surface area contributed by atoms with Gasteiger partial charge in [-0.25, -0.2) is 0 Å². The van der Waals surface area contributed by atoms with Crippen molar-refractivity contribution in [3.8, 4) is 0 Å². The van der Waals surface area contributed by atoms with Crippen LogP contribution in [0.1, 0.15) is 13.3 Å². The zero-order valence-electron chi connectivity index (χ0n) is 10.3. The van der Waals surface area contributed by atoms with Crippen LogP contribution in [0, 0.1) is 0 Å². The Hall–Kier alpha value is -0.160. The molecule has 0 spiro atoms. The van der Waals surface area contributed by atoms with E-state index in [-0.39, 0.29) is 0 Å². The summed E-state index contributed by atoms with van der Waals surface area (Å²) in [5.74, 6) is 0. The predicted molar refractivity (Wildman–Crippen MR) is 61.2 cm³/mol. The SMILES string of the molecule is COCC(C)N(C)CC1CC(OC)CN1. The van der Waals surface area contributed by atoms with Crippen molar-refractivity contribution in [1.82, 2.24) is 10.2 Å². The molecule has 1 saturated heterocycles. The number of likely N-dealkylation sites (N-methyl/N-ethyl adjacent to an activating group) is 1. The second-order valence-electron chi connectivity index (χ2n) is 4.44. The lowest BCUT2D eigenvalue weighted by Gasteiger charge is -2.26. The Kier molecular flexibility index (Phi) is 5.53. The van der Waals surface area contributed by atoms with E-state index >= 15 is 0 Å². The fourth-order valence-electron chi connectivity index (χ4n) is 2.00. The van der Waals surface area contributed by atoms with E-state index in [4.69, 9.17) is 9.47 Å². The first kappa shape index (κ1) is 12.9. The summed E-state index contributed by atoms with van der Waals surface area (Å²) in [4.78, 5) is 2.33. The lowest BCUT2D eigenvalue weighted by Crippen LogP contribution is -2.41. The molecule has 0 aromatic carbocycles. The summed E-state index contributed by atoms with van der Waals surface area (Å²) in [5.41, 5.74) is 0. The van der Waals surface area contributed by atoms with E-state index in [1.807, 2.05) is 0 Å². The molecule has 0 aromatic rings. The second-order valence-corrected chi connectivity index (χ2v) is 4.44. The van der Waals surface area contributed by atoms with Crippen molar-refractivity contribution in [1.29, 1.82) is 0 Å². The molecule has 0 aromatic heterocycles. The van der Waals surface area contributed by atoms with E-state index in [0.717, 1.165) is 26.1 Å². The zero-order chi connectivity index (χ0) is 11.3. The van der Waals surface area contributed by atoms with Crippen LogP contribution in [0.3, 0.4) is 0 Å². The lowest BCUT2D eigenvalue weighted by atomic mass is 10.2. The van der Waals surface area contributed by atoms with Gasteiger partial charge in [0.25, 0.3) is 0 Å². The number of nitrogens with zero attached hydrogens (tertiary/aromatic N) is 1. The standard InChI is InChI=1S/C11H24N2O2/c1-9(8-14-3)13(2)7-10-5-11(15-4)6-12-10/h9-12H,5-8H2,1-4H3. The molecule has 0 radical (unpaired) electrons. The fourth-order valence-corrected chi connectivity index (χ4v) is 2.00. The van der Waals surface area contributed by atoms with Crippen LogP contribution in [0.4, 0.5) is 0 Å². The summed E-state index contributed by atoms with van der Waals surface area (Å²) in [6.07, 6.45) is 1.50. The Labute approximate surface area is 92.9 Å². The smallest absolute Gasteiger partial charge is 0.0711 e. The maximum absolute atomic E-state index is 5.33. The number of hydrogen-bond acceptors (Lipinski definition) is 4. The Morgan fingerprint density at radius 2 is 2.20 bits per heavy atom. The number of ether oxygens (including phenoxy) is 2. The molecule has 3 unspecified atom stereocenters. The molecule has 1 aliphatic heterocycles. The summed E-state index contributed by atoms with van der Waals surface area (Å²) in [6.45, 7) is 5.02. The Balaban J connectivity index is 2.23. The van der Waals surface area contributed by atoms with Gasteiger partial charge in [-0.05, 0) is 20.4 Å². The first-order valence-electron chi connectivity index (χ1n) is 5.62. The van der Waals surface area contributed by atoms with Crippen LogP contribution in [0.2, 0.25) is 0 Å². The topological polar surface area (TPSA) is 33.7 Å². The molecule has 1 rings (SSSR count). The maximum Gasteiger partial charge on any atom is 0.0711 e. The highest BCUT2D eigenvalue weighted by atomic mass is 16.5. The van der Waals surface area contributed by atoms with Gasteiger partial charge in [0.05, 0.1) is 12.7 Å². The minimum absolute atomic E-state index is 0.390. The predicted octanol–water partition coefficient (Wildman–Crippen LogP) is 0.330. The fraction of sp³-hybridized carbons (Fsp3) is 1.00. The molecular formula is C11H24N2O2. The molecule has 0 saturated carbocycles. The highest BCUT2D eigenvalue weighted by Crippen LogP contribution is 2.11. The molecule has 90 valence electrons. The van der Waals surface area contributed by atoms with E-state index in [1.54, 1.807) is 14.2 Å². The van der Waals surface area contributed by atoms with Gasteiger partial charge in [0.15, 0.2) is 0 Å². The van der Waals surface area contributed by atoms with Crippen LogP contribution in [0.5, 0.6) is 0 Å². The molecule has 0 aliphatic carbocycles. The molecular weight excluding hydrogens is 192 g/mol. The van der Waals surface area contributed by atoms with Crippen molar-refractivity contribution in [2.24, 2.45) is 0 Å². The molecule has 0 amide bonds. The normalized spacial score (nSPS) is 28.6. The van der Waals surface area contributed by atoms with Gasteiger partial charge in [-0.1, -0.05) is 0 Å². The van der Waals surface area contributed by atoms with Crippen molar-refractivity contribution < 1.29 is 9.47 Å². The average molecular weight is 216 g/mol. The number of nitrogens with one attached hydrogen (secondary N) is 1. The van der Waals surface area contributed by atoms with Gasteiger partial charge in [0, 0.05) is 39.4 Å². The first-order chi connectivity index (χ1) is 7.17. The molecule has 4 heteroatoms. The highest BCUT2D eigenvalue weighted by molar-refractivity contribution is 4.84. The molecule has 0 bridgehead atoms. The van der Waals surface area contributed by atoms with E-state index < -0.39 is 0 Å². The van der Waals surface area contributed by atoms with Gasteiger partial charge >= 0.3 is 0 Å². The van der Waals surface area contributed by atoms with E-state index in [2.05, 4.69) is 24.2 Å². The molecule has 3 atom stereocenters. The second kappa shape index (κ2) is 6.43. The van der Waals surface area contributed by atoms with Gasteiger partial charge in [-0.2, -0.15) is 0 Å². The third-order valence-electron chi connectivity index (χ3n) is 3.18. The lowest BCUT2D eigenvalue weighted by molar-refractivity contribution is 0.102. The number of hydrogen-bond donors (Lipinski definition) is 1. The van der Waals surface area contributed by atoms with Gasteiger partial charge in [0.2, 0.25) is 0 Å². The molecule has 15 heavy (non-hydrogen) atoms. The summed E-state index contributed by atoms with van der Waals surface area (Å²) in [5, 5.41) is 3.48. The quantitative estimate of drug-likeness (QED) is 0.694. The van der Waals surface area contributed by atoms with Gasteiger partial charge < -0.3 is 14.8 Å². The van der Waals surface area contributed by atoms with Crippen LogP contribution in [-0.4, -0.2) is 64.1 Å². The van der Waals surface area contributed by atoms with Gasteiger partial charge in [-0.15, -0.1) is 0 Å². The first-order valence-corrected chi connectivity index (χ1v) is 5.62. The van der Waals surface area contributed by atoms with E-state index in [1.165, 1.54) is 0 Å². The summed E-state index contributed by atoms with van der Waals surface area (Å²) >= 11 is 0. The summed E-state index contributed by atoms with van der Waals surface area (Å²) < 4.78 is 10.5. The van der Waals surface area contributed by atoms with Crippen LogP contribution in [0.15, 0.2) is 0 Å². The van der Waals surface area contributed by atoms with Crippen molar-refractivity contribution in [2.45, 2.75) is 31.5 Å². The summed E-state index contributed by atoms with van der Waals surface area (Å²) in [7, 11) is 5.68. The molecule has 4 nitrogen and oxygen atoms in total. The van der Waals surface area contributed by atoms with Crippen molar-refractivity contribution in [2.75, 3.05) is 41.0 Å². The molecule has 1 heterocycles. The van der Waals surface area contributed by atoms with Crippen molar-refractivity contribution in [3.05, 3.63) is 0 Å². The average Bonchev–Trinajstić information content (AvgIpc) is 2.66. The highest BCUT2D eigenvalue weighted by Gasteiger charge is 2.25. The minimum atomic E-state index is 0.390.